The summed E-state index contributed by atoms with van der Waals surface area (Å²) in [6.07, 6.45) is 67.0. The van der Waals surface area contributed by atoms with Crippen molar-refractivity contribution in [2.45, 2.75) is 347 Å². The van der Waals surface area contributed by atoms with Gasteiger partial charge in [0, 0.05) is 0 Å². The van der Waals surface area contributed by atoms with Gasteiger partial charge in [-0.05, 0) is 38.5 Å². The van der Waals surface area contributed by atoms with E-state index in [1.807, 2.05) is 0 Å². The number of carbonyl (C=O) groups is 1. The van der Waals surface area contributed by atoms with Gasteiger partial charge in [0.15, 0.2) is 0 Å². The summed E-state index contributed by atoms with van der Waals surface area (Å²) in [6.45, 7) is 4.27. The van der Waals surface area contributed by atoms with Crippen LogP contribution < -0.4 is 5.32 Å². The minimum absolute atomic E-state index is 0.309. The Labute approximate surface area is 395 Å². The van der Waals surface area contributed by atoms with Gasteiger partial charge in [0.2, 0.25) is 5.91 Å². The van der Waals surface area contributed by atoms with Crippen LogP contribution in [0.4, 0.5) is 0 Å². The number of unbranched alkanes of at least 4 members (excludes halogenated alkanes) is 44. The highest BCUT2D eigenvalue weighted by Gasteiger charge is 2.23. The molecular weight excluding hydrogens is 775 g/mol. The molecule has 0 rings (SSSR count). The molecule has 0 aromatic rings. The van der Waals surface area contributed by atoms with E-state index >= 15 is 0 Å². The first kappa shape index (κ1) is 62.1. The van der Waals surface area contributed by atoms with Crippen molar-refractivity contribution in [1.29, 1.82) is 0 Å². The quantitative estimate of drug-likeness (QED) is 0.0362. The van der Waals surface area contributed by atoms with E-state index in [1.54, 1.807) is 0 Å². The standard InChI is InChI=1S/C58H115NO4/c1-3-5-7-9-11-13-15-17-19-20-21-22-23-24-25-26-27-28-29-30-31-32-33-34-35-36-37-39-41-43-45-47-49-51-53-57(62)58(63)59-55(54-60)56(61)52-50-48-46-44-42-40-38-18-16-14-12-10-8-6-4-2/h26-27,55-57,60-62H,3-25,28-54H2,1-2H3,(H,59,63)/b27-26-. The Kier molecular flexibility index (Phi) is 52.9. The summed E-state index contributed by atoms with van der Waals surface area (Å²) in [5.41, 5.74) is 0. The normalized spacial score (nSPS) is 13.3. The SMILES string of the molecule is CCCCCCCCCCCCCCCC/C=C\CCCCCCCCCCCCCCCCCCC(O)C(=O)NC(CO)C(O)CCCCCCCCCCCCCCCCC. The Balaban J connectivity index is 3.45. The first-order chi connectivity index (χ1) is 31.1. The van der Waals surface area contributed by atoms with Crippen LogP contribution in [0.5, 0.6) is 0 Å². The highest BCUT2D eigenvalue weighted by molar-refractivity contribution is 5.80. The Bertz CT molecular complexity index is 894. The van der Waals surface area contributed by atoms with Crippen LogP contribution in [0, 0.1) is 0 Å². The highest BCUT2D eigenvalue weighted by atomic mass is 16.3. The topological polar surface area (TPSA) is 89.8 Å². The molecule has 0 radical (unpaired) electrons. The van der Waals surface area contributed by atoms with Crippen molar-refractivity contribution in [3.63, 3.8) is 0 Å². The number of carbonyl (C=O) groups excluding carboxylic acids is 1. The molecular formula is C58H115NO4. The molecule has 0 aliphatic rings. The third-order valence-electron chi connectivity index (χ3n) is 13.9. The van der Waals surface area contributed by atoms with Crippen LogP contribution in [0.15, 0.2) is 12.2 Å². The summed E-state index contributed by atoms with van der Waals surface area (Å²) < 4.78 is 0. The number of amides is 1. The van der Waals surface area contributed by atoms with Gasteiger partial charge in [0.1, 0.15) is 6.10 Å². The van der Waals surface area contributed by atoms with Crippen LogP contribution in [0.25, 0.3) is 0 Å². The molecule has 3 atom stereocenters. The zero-order valence-corrected chi connectivity index (χ0v) is 43.0. The van der Waals surface area contributed by atoms with Gasteiger partial charge < -0.3 is 20.6 Å². The summed E-state index contributed by atoms with van der Waals surface area (Å²) in [6, 6.07) is -0.708. The Morgan fingerprint density at radius 2 is 0.603 bits per heavy atom. The Hall–Kier alpha value is -0.910. The molecule has 0 saturated heterocycles. The molecule has 1 amide bonds. The van der Waals surface area contributed by atoms with Crippen molar-refractivity contribution in [3.05, 3.63) is 12.2 Å². The van der Waals surface area contributed by atoms with Gasteiger partial charge in [0.05, 0.1) is 18.8 Å². The molecule has 0 fully saturated rings. The number of hydrogen-bond acceptors (Lipinski definition) is 4. The zero-order valence-electron chi connectivity index (χ0n) is 43.0. The summed E-state index contributed by atoms with van der Waals surface area (Å²) in [5.74, 6) is -0.465. The van der Waals surface area contributed by atoms with E-state index in [-0.39, 0.29) is 6.61 Å². The van der Waals surface area contributed by atoms with E-state index in [0.29, 0.717) is 12.8 Å². The van der Waals surface area contributed by atoms with Gasteiger partial charge in [-0.3, -0.25) is 4.79 Å². The lowest BCUT2D eigenvalue weighted by molar-refractivity contribution is -0.131. The van der Waals surface area contributed by atoms with E-state index in [1.165, 1.54) is 270 Å². The van der Waals surface area contributed by atoms with Gasteiger partial charge in [-0.1, -0.05) is 302 Å². The summed E-state index contributed by atoms with van der Waals surface area (Å²) >= 11 is 0. The molecule has 0 spiro atoms. The lowest BCUT2D eigenvalue weighted by Gasteiger charge is -2.23. The van der Waals surface area contributed by atoms with E-state index in [9.17, 15) is 20.1 Å². The zero-order chi connectivity index (χ0) is 45.8. The second-order valence-corrected chi connectivity index (χ2v) is 20.2. The monoisotopic (exact) mass is 890 g/mol. The van der Waals surface area contributed by atoms with Crippen LogP contribution in [-0.4, -0.2) is 46.1 Å². The summed E-state index contributed by atoms with van der Waals surface area (Å²) in [4.78, 5) is 12.6. The predicted octanol–water partition coefficient (Wildman–Crippen LogP) is 17.9. The maximum atomic E-state index is 12.6. The molecule has 0 aromatic heterocycles. The van der Waals surface area contributed by atoms with Crippen LogP contribution in [0.3, 0.4) is 0 Å². The minimum atomic E-state index is -1.07. The summed E-state index contributed by atoms with van der Waals surface area (Å²) in [5, 5.41) is 33.5. The third kappa shape index (κ3) is 48.8. The van der Waals surface area contributed by atoms with Gasteiger partial charge in [-0.2, -0.15) is 0 Å². The second kappa shape index (κ2) is 53.7. The van der Waals surface area contributed by atoms with Gasteiger partial charge in [-0.25, -0.2) is 0 Å². The van der Waals surface area contributed by atoms with Crippen molar-refractivity contribution < 1.29 is 20.1 Å². The molecule has 376 valence electrons. The fourth-order valence-corrected chi connectivity index (χ4v) is 9.37. The van der Waals surface area contributed by atoms with Crippen molar-refractivity contribution >= 4 is 5.91 Å². The average molecular weight is 891 g/mol. The smallest absolute Gasteiger partial charge is 0.249 e. The van der Waals surface area contributed by atoms with Crippen molar-refractivity contribution in [2.24, 2.45) is 0 Å². The molecule has 5 heteroatoms. The van der Waals surface area contributed by atoms with E-state index in [0.717, 1.165) is 32.1 Å². The highest BCUT2D eigenvalue weighted by Crippen LogP contribution is 2.18. The van der Waals surface area contributed by atoms with Crippen molar-refractivity contribution in [2.75, 3.05) is 6.61 Å². The maximum absolute atomic E-state index is 12.6. The second-order valence-electron chi connectivity index (χ2n) is 20.2. The molecule has 0 heterocycles. The molecule has 63 heavy (non-hydrogen) atoms. The minimum Gasteiger partial charge on any atom is -0.394 e. The van der Waals surface area contributed by atoms with Crippen molar-refractivity contribution in [1.82, 2.24) is 5.32 Å². The van der Waals surface area contributed by atoms with Crippen LogP contribution >= 0.6 is 0 Å². The Morgan fingerprint density at radius 3 is 0.873 bits per heavy atom. The molecule has 0 saturated carbocycles. The predicted molar refractivity (Wildman–Crippen MR) is 278 cm³/mol. The fraction of sp³-hybridized carbons (Fsp3) is 0.948. The molecule has 0 bridgehead atoms. The number of hydrogen-bond donors (Lipinski definition) is 4. The average Bonchev–Trinajstić information content (AvgIpc) is 3.29. The number of allylic oxidation sites excluding steroid dienone is 2. The molecule has 0 aliphatic heterocycles. The largest absolute Gasteiger partial charge is 0.394 e. The number of nitrogens with one attached hydrogen (secondary N) is 1. The molecule has 0 aromatic carbocycles. The number of aliphatic hydroxyl groups excluding tert-OH is 3. The first-order valence-corrected chi connectivity index (χ1v) is 29.0. The third-order valence-corrected chi connectivity index (χ3v) is 13.9. The number of rotatable bonds is 54. The molecule has 0 aliphatic carbocycles. The maximum Gasteiger partial charge on any atom is 0.249 e. The van der Waals surface area contributed by atoms with Gasteiger partial charge in [-0.15, -0.1) is 0 Å². The van der Waals surface area contributed by atoms with E-state index in [4.69, 9.17) is 0 Å². The number of aliphatic hydroxyl groups is 3. The molecule has 3 unspecified atom stereocenters. The lowest BCUT2D eigenvalue weighted by Crippen LogP contribution is -2.49. The van der Waals surface area contributed by atoms with Crippen LogP contribution in [-0.2, 0) is 4.79 Å². The van der Waals surface area contributed by atoms with E-state index in [2.05, 4.69) is 31.3 Å². The van der Waals surface area contributed by atoms with Gasteiger partial charge in [0.25, 0.3) is 0 Å². The van der Waals surface area contributed by atoms with Crippen LogP contribution in [0.1, 0.15) is 328 Å². The molecule has 5 nitrogen and oxygen atoms in total. The fourth-order valence-electron chi connectivity index (χ4n) is 9.37. The summed E-state index contributed by atoms with van der Waals surface area (Å²) in [7, 11) is 0. The lowest BCUT2D eigenvalue weighted by atomic mass is 10.0. The Morgan fingerprint density at radius 1 is 0.365 bits per heavy atom. The van der Waals surface area contributed by atoms with E-state index < -0.39 is 24.2 Å². The molecule has 4 N–H and O–H groups in total. The van der Waals surface area contributed by atoms with Crippen molar-refractivity contribution in [3.8, 4) is 0 Å². The van der Waals surface area contributed by atoms with Gasteiger partial charge >= 0.3 is 0 Å². The van der Waals surface area contributed by atoms with Crippen LogP contribution in [0.2, 0.25) is 0 Å². The first-order valence-electron chi connectivity index (χ1n) is 29.0.